The molecule has 1 saturated carbocycles. The number of carbonyl (C=O) groups excluding carboxylic acids is 2. The quantitative estimate of drug-likeness (QED) is 0.0833. The topological polar surface area (TPSA) is 175 Å². The first kappa shape index (κ1) is 53.8. The lowest BCUT2D eigenvalue weighted by Gasteiger charge is -2.23. The van der Waals surface area contributed by atoms with Gasteiger partial charge in [0.15, 0.2) is 21.3 Å². The highest BCUT2D eigenvalue weighted by Crippen LogP contribution is 2.68. The van der Waals surface area contributed by atoms with Crippen molar-refractivity contribution in [2.45, 2.75) is 108 Å². The summed E-state index contributed by atoms with van der Waals surface area (Å²) in [5.74, 6) is -5.96. The minimum atomic E-state index is -5.22. The number of pyridine rings is 1. The molecule has 5 aromatic rings. The third-order valence-corrected chi connectivity index (χ3v) is 15.4. The van der Waals surface area contributed by atoms with Crippen LogP contribution in [0.2, 0.25) is 5.02 Å². The number of aromatic nitrogens is 5. The Labute approximate surface area is 410 Å². The molecule has 3 atom stereocenters. The number of amides is 2. The maximum Gasteiger partial charge on any atom is 0.435 e. The molecule has 0 unspecified atom stereocenters. The first-order valence-electron chi connectivity index (χ1n) is 21.7. The van der Waals surface area contributed by atoms with Gasteiger partial charge in [-0.25, -0.2) is 35.4 Å². The van der Waals surface area contributed by atoms with E-state index in [1.807, 2.05) is 0 Å². The molecule has 27 heteroatoms. The van der Waals surface area contributed by atoms with Crippen molar-refractivity contribution in [3.8, 4) is 23.0 Å². The van der Waals surface area contributed by atoms with E-state index in [2.05, 4.69) is 32.3 Å². The molecule has 2 aliphatic carbocycles. The summed E-state index contributed by atoms with van der Waals surface area (Å²) >= 11 is 6.65. The minimum Gasteiger partial charge on any atom is -0.445 e. The molecule has 2 aromatic carbocycles. The molecule has 3 aromatic heterocycles. The van der Waals surface area contributed by atoms with E-state index in [1.54, 1.807) is 13.8 Å². The van der Waals surface area contributed by atoms with E-state index in [-0.39, 0.29) is 55.3 Å². The lowest BCUT2D eigenvalue weighted by atomic mass is 9.93. The second-order valence-corrected chi connectivity index (χ2v) is 22.7. The van der Waals surface area contributed by atoms with Gasteiger partial charge in [-0.1, -0.05) is 37.4 Å². The lowest BCUT2D eigenvalue weighted by Crippen LogP contribution is -2.39. The fourth-order valence-electron chi connectivity index (χ4n) is 8.42. The van der Waals surface area contributed by atoms with Crippen LogP contribution in [0.3, 0.4) is 0 Å². The average molecular weight is 1080 g/mol. The van der Waals surface area contributed by atoms with E-state index in [1.165, 1.54) is 13.8 Å². The average Bonchev–Trinajstić information content (AvgIpc) is 3.76. The van der Waals surface area contributed by atoms with Crippen LogP contribution in [0.4, 0.5) is 54.5 Å². The summed E-state index contributed by atoms with van der Waals surface area (Å²) in [4.78, 5) is 32.4. The van der Waals surface area contributed by atoms with E-state index in [0.29, 0.717) is 12.3 Å². The molecule has 2 aliphatic rings. The fraction of sp³-hybridized carbons (Fsp3) is 0.444. The number of hydrogen-bond donors (Lipinski definition) is 1. The van der Waals surface area contributed by atoms with Crippen LogP contribution in [0.1, 0.15) is 92.8 Å². The van der Waals surface area contributed by atoms with Crippen molar-refractivity contribution in [2.75, 3.05) is 16.8 Å². The summed E-state index contributed by atoms with van der Waals surface area (Å²) in [5.41, 5.74) is -5.80. The molecule has 2 amide bonds. The molecule has 1 N–H and O–H groups in total. The summed E-state index contributed by atoms with van der Waals surface area (Å²) in [6.45, 7) is 2.46. The van der Waals surface area contributed by atoms with Crippen molar-refractivity contribution >= 4 is 60.2 Å². The van der Waals surface area contributed by atoms with Crippen molar-refractivity contribution < 1.29 is 75.1 Å². The SMILES string of the molecule is CCC(CC)OC(=O)N(c1nn(CC(F)(F)F)c2c(-c3ccc(C#CC(C)(C)S(C)(=O)=O)nc3[C@H](Cc3cc(F)cc(F)c3)NC(=O)Cn3nc(C(F)(F)F)c4c3C(F)(F)[C@@H]3C[C@H]43)ccc(Cl)c12)S(C)(=O)=O. The number of fused-ring (bicyclic) bond motifs is 4. The number of nitrogens with one attached hydrogen (secondary N) is 1. The molecule has 7 rings (SSSR count). The predicted octanol–water partition coefficient (Wildman–Crippen LogP) is 9.38. The van der Waals surface area contributed by atoms with Crippen molar-refractivity contribution in [1.29, 1.82) is 0 Å². The van der Waals surface area contributed by atoms with Gasteiger partial charge in [0, 0.05) is 34.9 Å². The van der Waals surface area contributed by atoms with E-state index in [9.17, 15) is 61.5 Å². The zero-order valence-corrected chi connectivity index (χ0v) is 41.0. The first-order chi connectivity index (χ1) is 33.2. The molecule has 0 aliphatic heterocycles. The second kappa shape index (κ2) is 18.8. The minimum absolute atomic E-state index is 0.0162. The van der Waals surface area contributed by atoms with Gasteiger partial charge in [0.1, 0.15) is 47.0 Å². The van der Waals surface area contributed by atoms with Crippen LogP contribution in [-0.4, -0.2) is 82.9 Å². The second-order valence-electron chi connectivity index (χ2n) is 17.9. The summed E-state index contributed by atoms with van der Waals surface area (Å²) in [6.07, 6.45) is -11.9. The van der Waals surface area contributed by atoms with Gasteiger partial charge in [-0.2, -0.15) is 49.6 Å². The van der Waals surface area contributed by atoms with Crippen LogP contribution >= 0.6 is 11.6 Å². The molecular formula is C45H42ClF10N7O7S2. The van der Waals surface area contributed by atoms with Crippen molar-refractivity contribution in [3.05, 3.63) is 93.0 Å². The summed E-state index contributed by atoms with van der Waals surface area (Å²) in [5, 5.41) is 8.73. The van der Waals surface area contributed by atoms with Crippen LogP contribution in [0.5, 0.6) is 0 Å². The summed E-state index contributed by atoms with van der Waals surface area (Å²) in [6, 6.07) is 4.86. The van der Waals surface area contributed by atoms with Gasteiger partial charge in [0.2, 0.25) is 15.9 Å². The van der Waals surface area contributed by atoms with Gasteiger partial charge >= 0.3 is 18.4 Å². The Morgan fingerprint density at radius 3 is 2.14 bits per heavy atom. The van der Waals surface area contributed by atoms with E-state index < -0.39 is 154 Å². The summed E-state index contributed by atoms with van der Waals surface area (Å²) in [7, 11) is -8.70. The van der Waals surface area contributed by atoms with Gasteiger partial charge in [-0.05, 0) is 87.3 Å². The van der Waals surface area contributed by atoms with E-state index in [4.69, 9.17) is 16.3 Å². The molecule has 0 bridgehead atoms. The Hall–Kier alpha value is -5.94. The largest absolute Gasteiger partial charge is 0.445 e. The Kier molecular flexibility index (Phi) is 14.1. The van der Waals surface area contributed by atoms with Gasteiger partial charge in [0.05, 0.1) is 33.9 Å². The van der Waals surface area contributed by atoms with E-state index >= 15 is 8.78 Å². The maximum absolute atomic E-state index is 15.6. The predicted molar refractivity (Wildman–Crippen MR) is 241 cm³/mol. The number of rotatable bonds is 14. The number of anilines is 1. The molecule has 14 nitrogen and oxygen atoms in total. The maximum atomic E-state index is 15.6. The number of carbonyl (C=O) groups is 2. The highest BCUT2D eigenvalue weighted by atomic mass is 35.5. The number of sulfonamides is 1. The van der Waals surface area contributed by atoms with Crippen molar-refractivity contribution in [3.63, 3.8) is 0 Å². The number of benzene rings is 2. The van der Waals surface area contributed by atoms with Crippen LogP contribution in [0.15, 0.2) is 42.5 Å². The van der Waals surface area contributed by atoms with Gasteiger partial charge in [-0.15, -0.1) is 0 Å². The van der Waals surface area contributed by atoms with Gasteiger partial charge in [-0.3, -0.25) is 14.2 Å². The highest BCUT2D eigenvalue weighted by molar-refractivity contribution is 7.93. The van der Waals surface area contributed by atoms with Crippen molar-refractivity contribution in [2.24, 2.45) is 5.92 Å². The Balaban J connectivity index is 1.49. The molecule has 0 saturated heterocycles. The van der Waals surface area contributed by atoms with Crippen LogP contribution < -0.4 is 9.62 Å². The monoisotopic (exact) mass is 1080 g/mol. The third kappa shape index (κ3) is 10.7. The lowest BCUT2D eigenvalue weighted by molar-refractivity contribution is -0.143. The number of alkyl halides is 8. The van der Waals surface area contributed by atoms with Gasteiger partial charge < -0.3 is 10.1 Å². The molecule has 388 valence electrons. The smallest absolute Gasteiger partial charge is 0.435 e. The molecule has 3 heterocycles. The number of nitrogens with zero attached hydrogens (tertiary/aromatic N) is 6. The van der Waals surface area contributed by atoms with Gasteiger partial charge in [0.25, 0.3) is 5.92 Å². The molecule has 1 fully saturated rings. The number of halogens is 11. The van der Waals surface area contributed by atoms with Crippen LogP contribution in [0.25, 0.3) is 22.0 Å². The molecular weight excluding hydrogens is 1040 g/mol. The van der Waals surface area contributed by atoms with Crippen molar-refractivity contribution in [1.82, 2.24) is 29.9 Å². The number of ether oxygens (including phenoxy) is 1. The number of hydrogen-bond acceptors (Lipinski definition) is 10. The molecule has 72 heavy (non-hydrogen) atoms. The fourth-order valence-corrected chi connectivity index (χ4v) is 9.65. The summed E-state index contributed by atoms with van der Waals surface area (Å²) < 4.78 is 203. The normalized spacial score (nSPS) is 17.0. The van der Waals surface area contributed by atoms with Crippen LogP contribution in [0, 0.1) is 29.4 Å². The Morgan fingerprint density at radius 2 is 1.57 bits per heavy atom. The zero-order valence-electron chi connectivity index (χ0n) is 38.6. The highest BCUT2D eigenvalue weighted by Gasteiger charge is 2.68. The zero-order chi connectivity index (χ0) is 53.4. The molecule has 0 spiro atoms. The standard InChI is InChI=1S/C45H42ClF10N7O7S2/c1-7-26(8-2)70-41(65)63(72(6,68)69)40-35-31(46)12-11-28(37(35)62(60-40)21-43(49,50)51)27-10-9-25(13-14-42(3,4)71(5,66)67)57-36(27)32(17-22-15-23(47)18-24(48)16-22)58-33(64)20-61-39-34(38(59-61)45(54,55)56)29-19-30(29)44(39,52)53/h9-12,15-16,18,26,29-30,32H,7-8,17,19-21H2,1-6H3,(H,58,64)/t29-,30+,32-/m0/s1. The Morgan fingerprint density at radius 1 is 0.944 bits per heavy atom. The third-order valence-electron chi connectivity index (χ3n) is 12.2. The molecule has 0 radical (unpaired) electrons. The first-order valence-corrected chi connectivity index (χ1v) is 25.8. The Bertz CT molecular complexity index is 3290. The van der Waals surface area contributed by atoms with Crippen LogP contribution in [-0.2, 0) is 61.0 Å². The van der Waals surface area contributed by atoms with E-state index in [0.717, 1.165) is 42.7 Å². The number of sulfone groups is 1.